The second-order valence-corrected chi connectivity index (χ2v) is 21.1. The first kappa shape index (κ1) is 40.4. The van der Waals surface area contributed by atoms with Crippen molar-refractivity contribution in [2.45, 2.75) is 105 Å². The lowest BCUT2D eigenvalue weighted by molar-refractivity contribution is 0.564. The fourth-order valence-electron chi connectivity index (χ4n) is 8.89. The predicted octanol–water partition coefficient (Wildman–Crippen LogP) is 13.4. The zero-order valence-corrected chi connectivity index (χ0v) is 38.1. The summed E-state index contributed by atoms with van der Waals surface area (Å²) in [7, 11) is 0. The average Bonchev–Trinajstić information content (AvgIpc) is 3.64. The third-order valence-electron chi connectivity index (χ3n) is 12.5. The molecule has 0 aliphatic carbocycles. The number of rotatable bonds is 5. The molecular weight excluding hydrogens is 743 g/mol. The summed E-state index contributed by atoms with van der Waals surface area (Å²) in [6.07, 6.45) is 0. The summed E-state index contributed by atoms with van der Waals surface area (Å²) in [5.74, 6) is 0.738. The van der Waals surface area contributed by atoms with Crippen LogP contribution in [0.3, 0.4) is 0 Å². The summed E-state index contributed by atoms with van der Waals surface area (Å²) in [6, 6.07) is 51.6. The van der Waals surface area contributed by atoms with Gasteiger partial charge in [0.15, 0.2) is 0 Å². The minimum absolute atomic E-state index is 0.0411. The van der Waals surface area contributed by atoms with E-state index in [0.29, 0.717) is 6.01 Å². The fourth-order valence-corrected chi connectivity index (χ4v) is 8.89. The molecule has 0 bridgehead atoms. The van der Waals surface area contributed by atoms with Crippen LogP contribution in [0.15, 0.2) is 144 Å². The minimum Gasteiger partial charge on any atom is -0.407 e. The Labute approximate surface area is 364 Å². The first-order valence-corrected chi connectivity index (χ1v) is 21.8. The topological polar surface area (TPSA) is 35.8 Å². The molecule has 2 aliphatic rings. The van der Waals surface area contributed by atoms with Crippen LogP contribution in [-0.2, 0) is 21.7 Å². The summed E-state index contributed by atoms with van der Waals surface area (Å²) in [5, 5.41) is 0. The molecule has 0 unspecified atom stereocenters. The van der Waals surface area contributed by atoms with Gasteiger partial charge in [-0.1, -0.05) is 156 Å². The van der Waals surface area contributed by atoms with E-state index in [1.165, 1.54) is 33.2 Å². The number of aromatic nitrogens is 1. The standard InChI is InChI=1S/C55H59BN4O/c1-52(2,3)36-26-29-42(30-27-36)59-45-31-28-37(53(4,5)6)35-44(45)56-48-46(59)24-19-25-47(48)60(43-33-38(54(7,8)9)32-39(34-43)55(10,11)12)50-49(56)57-51(61-50)58(40-20-15-13-16-21-40)41-22-17-14-18-23-41/h13-35H,1-12H3. The molecule has 3 heterocycles. The van der Waals surface area contributed by atoms with E-state index in [0.717, 1.165) is 51.3 Å². The van der Waals surface area contributed by atoms with Gasteiger partial charge in [0.25, 0.3) is 6.71 Å². The molecule has 5 nitrogen and oxygen atoms in total. The van der Waals surface area contributed by atoms with E-state index in [4.69, 9.17) is 9.40 Å². The number of oxazole rings is 1. The molecule has 7 aromatic rings. The highest BCUT2D eigenvalue weighted by atomic mass is 16.4. The highest BCUT2D eigenvalue weighted by molar-refractivity contribution is 6.99. The molecule has 308 valence electrons. The number of nitrogens with zero attached hydrogens (tertiary/aromatic N) is 4. The summed E-state index contributed by atoms with van der Waals surface area (Å²) in [4.78, 5) is 12.7. The molecule has 9 rings (SSSR count). The van der Waals surface area contributed by atoms with Crippen molar-refractivity contribution in [2.75, 3.05) is 14.7 Å². The van der Waals surface area contributed by atoms with Gasteiger partial charge in [-0.2, -0.15) is 0 Å². The Morgan fingerprint density at radius 2 is 0.967 bits per heavy atom. The zero-order valence-electron chi connectivity index (χ0n) is 38.1. The molecule has 6 heteroatoms. The van der Waals surface area contributed by atoms with Gasteiger partial charge >= 0.3 is 6.01 Å². The van der Waals surface area contributed by atoms with E-state index in [-0.39, 0.29) is 28.4 Å². The van der Waals surface area contributed by atoms with Crippen molar-refractivity contribution in [3.63, 3.8) is 0 Å². The third kappa shape index (κ3) is 7.14. The van der Waals surface area contributed by atoms with Gasteiger partial charge in [-0.3, -0.25) is 9.80 Å². The number of benzene rings is 6. The van der Waals surface area contributed by atoms with Crippen molar-refractivity contribution < 1.29 is 4.42 Å². The largest absolute Gasteiger partial charge is 0.407 e. The lowest BCUT2D eigenvalue weighted by Gasteiger charge is -2.42. The molecule has 0 fully saturated rings. The van der Waals surface area contributed by atoms with Crippen LogP contribution < -0.4 is 31.2 Å². The molecule has 0 spiro atoms. The second kappa shape index (κ2) is 14.3. The molecule has 0 saturated carbocycles. The smallest absolute Gasteiger partial charge is 0.307 e. The predicted molar refractivity (Wildman–Crippen MR) is 260 cm³/mol. The van der Waals surface area contributed by atoms with E-state index in [1.807, 2.05) is 0 Å². The Balaban J connectivity index is 1.38. The lowest BCUT2D eigenvalue weighted by atomic mass is 9.35. The van der Waals surface area contributed by atoms with Crippen LogP contribution in [0.1, 0.15) is 105 Å². The maximum atomic E-state index is 7.34. The lowest BCUT2D eigenvalue weighted by Crippen LogP contribution is -2.61. The molecule has 0 radical (unpaired) electrons. The van der Waals surface area contributed by atoms with Crippen LogP contribution in [0.4, 0.5) is 51.7 Å². The molecule has 0 amide bonds. The normalized spacial score (nSPS) is 13.8. The maximum absolute atomic E-state index is 7.34. The molecular formula is C55H59BN4O. The summed E-state index contributed by atoms with van der Waals surface area (Å²) in [6.45, 7) is 27.4. The molecule has 61 heavy (non-hydrogen) atoms. The molecule has 0 N–H and O–H groups in total. The molecule has 0 atom stereocenters. The van der Waals surface area contributed by atoms with Crippen molar-refractivity contribution in [1.82, 2.24) is 4.98 Å². The van der Waals surface area contributed by atoms with Gasteiger partial charge in [-0.05, 0) is 122 Å². The Bertz CT molecular complexity index is 2670. The monoisotopic (exact) mass is 802 g/mol. The fraction of sp³-hybridized carbons (Fsp3) is 0.291. The SMILES string of the molecule is CC(C)(C)c1ccc(N2c3ccc(C(C)(C)C)cc3B3c4nc(N(c5ccccc5)c5ccccc5)oc4N(c4cc(C(C)(C)C)cc(C(C)(C)C)c4)c4cccc2c43)cc1. The van der Waals surface area contributed by atoms with Crippen molar-refractivity contribution in [1.29, 1.82) is 0 Å². The number of anilines is 9. The van der Waals surface area contributed by atoms with Crippen LogP contribution in [-0.4, -0.2) is 11.7 Å². The highest BCUT2D eigenvalue weighted by Crippen LogP contribution is 2.48. The van der Waals surface area contributed by atoms with E-state index >= 15 is 0 Å². The zero-order chi connectivity index (χ0) is 43.2. The van der Waals surface area contributed by atoms with Gasteiger partial charge in [0.2, 0.25) is 5.88 Å². The van der Waals surface area contributed by atoms with Crippen LogP contribution in [0.25, 0.3) is 0 Å². The quantitative estimate of drug-likeness (QED) is 0.162. The Morgan fingerprint density at radius 1 is 0.459 bits per heavy atom. The number of fused-ring (bicyclic) bond motifs is 4. The van der Waals surface area contributed by atoms with E-state index in [1.54, 1.807) is 0 Å². The molecule has 2 aliphatic heterocycles. The van der Waals surface area contributed by atoms with Crippen molar-refractivity contribution >= 4 is 74.9 Å². The second-order valence-electron chi connectivity index (χ2n) is 21.1. The summed E-state index contributed by atoms with van der Waals surface area (Å²) >= 11 is 0. The van der Waals surface area contributed by atoms with Gasteiger partial charge in [0.1, 0.15) is 0 Å². The van der Waals surface area contributed by atoms with E-state index in [2.05, 4.69) is 237 Å². The Hall–Kier alpha value is -6.01. The van der Waals surface area contributed by atoms with Crippen molar-refractivity contribution in [3.8, 4) is 0 Å². The third-order valence-corrected chi connectivity index (χ3v) is 12.5. The minimum atomic E-state index is -0.196. The summed E-state index contributed by atoms with van der Waals surface area (Å²) < 4.78 is 7.34. The first-order valence-electron chi connectivity index (χ1n) is 21.8. The van der Waals surface area contributed by atoms with E-state index < -0.39 is 0 Å². The van der Waals surface area contributed by atoms with Crippen molar-refractivity contribution in [2.24, 2.45) is 0 Å². The van der Waals surface area contributed by atoms with Gasteiger partial charge in [0, 0.05) is 28.4 Å². The van der Waals surface area contributed by atoms with Gasteiger partial charge in [-0.15, -0.1) is 0 Å². The number of para-hydroxylation sites is 2. The van der Waals surface area contributed by atoms with Crippen molar-refractivity contribution in [3.05, 3.63) is 162 Å². The Kier molecular flexibility index (Phi) is 9.47. The van der Waals surface area contributed by atoms with Gasteiger partial charge in [-0.25, -0.2) is 4.98 Å². The maximum Gasteiger partial charge on any atom is 0.307 e. The van der Waals surface area contributed by atoms with E-state index in [9.17, 15) is 0 Å². The highest BCUT2D eigenvalue weighted by Gasteiger charge is 2.47. The molecule has 0 saturated heterocycles. The van der Waals surface area contributed by atoms with Gasteiger partial charge < -0.3 is 9.32 Å². The molecule has 1 aromatic heterocycles. The molecule has 6 aromatic carbocycles. The average molecular weight is 803 g/mol. The Morgan fingerprint density at radius 3 is 1.49 bits per heavy atom. The van der Waals surface area contributed by atoms with Crippen LogP contribution >= 0.6 is 0 Å². The van der Waals surface area contributed by atoms with Crippen LogP contribution in [0.2, 0.25) is 0 Å². The summed E-state index contributed by atoms with van der Waals surface area (Å²) in [5.41, 5.74) is 15.8. The van der Waals surface area contributed by atoms with Crippen LogP contribution in [0.5, 0.6) is 0 Å². The van der Waals surface area contributed by atoms with Crippen LogP contribution in [0, 0.1) is 0 Å². The number of hydrogen-bond donors (Lipinski definition) is 0. The first-order chi connectivity index (χ1) is 28.8. The number of hydrogen-bond acceptors (Lipinski definition) is 5. The van der Waals surface area contributed by atoms with Gasteiger partial charge in [0.05, 0.1) is 17.0 Å².